The first kappa shape index (κ1) is 96.6. The molecule has 0 bridgehead atoms. The number of nitrogens with zero attached hydrogens (tertiary/aromatic N) is 26. The van der Waals surface area contributed by atoms with Crippen molar-refractivity contribution in [2.45, 2.75) is 134 Å². The summed E-state index contributed by atoms with van der Waals surface area (Å²) in [4.78, 5) is 102. The summed E-state index contributed by atoms with van der Waals surface area (Å²) >= 11 is 6.60. The van der Waals surface area contributed by atoms with E-state index >= 15 is 0 Å². The predicted octanol–water partition coefficient (Wildman–Crippen LogP) is 11.5. The van der Waals surface area contributed by atoms with Gasteiger partial charge < -0.3 is 60.8 Å². The molecule has 12 aromatic heterocycles. The Labute approximate surface area is 803 Å². The number of nitrogens with one attached hydrogen (secondary N) is 8. The number of anilines is 8. The zero-order valence-electron chi connectivity index (χ0n) is 78.7. The van der Waals surface area contributed by atoms with E-state index in [0.717, 1.165) is 139 Å². The third-order valence-corrected chi connectivity index (χ3v) is 31.7. The summed E-state index contributed by atoms with van der Waals surface area (Å²) < 4.78 is 102. The molecule has 20 rings (SSSR count). The summed E-state index contributed by atoms with van der Waals surface area (Å²) in [6.07, 6.45) is 23.3. The number of piperidine rings is 4. The third kappa shape index (κ3) is 21.3. The lowest BCUT2D eigenvalue weighted by Gasteiger charge is -2.37. The molecule has 4 fully saturated rings. The molecule has 138 heavy (non-hydrogen) atoms. The molecule has 724 valence electrons. The van der Waals surface area contributed by atoms with Gasteiger partial charge in [-0.3, -0.25) is 0 Å². The number of pyridine rings is 2. The van der Waals surface area contributed by atoms with Crippen molar-refractivity contribution in [1.82, 2.24) is 127 Å². The van der Waals surface area contributed by atoms with Crippen LogP contribution in [-0.4, -0.2) is 290 Å². The molecular formula is C91H111ClN34O8S4. The fourth-order valence-corrected chi connectivity index (χ4v) is 22.1. The first-order valence-electron chi connectivity index (χ1n) is 45.4. The van der Waals surface area contributed by atoms with Crippen LogP contribution in [0, 0.1) is 6.92 Å². The SMILES string of the molecule is CC(Nc1ncnc2nc[nH]c12)c1cc2ccccc2c(N(C)C2CCN(S(C)(=O)=O)CC2)n1.CC(Nc1ncnc2nc[nH]c12)c1nc(N(C)C2CCN(S(C)(=O)=O)CC2)c2c(Cl)cccc2n1.CC(Nc1ncnc2nc[nH]c12)c1nc(N(C)C2CCN(S(C)(=O)=O)CC2)c2ccccc2n1.Cc1cccc2cc(C(C)Nc3ncnc4nc[nH]c34)nc(N(C)C3CCN(S(C)(=O)=O)CC3)c12. The second-order valence-electron chi connectivity index (χ2n) is 35.4. The molecule has 4 aliphatic heterocycles. The van der Waals surface area contributed by atoms with Gasteiger partial charge in [0.2, 0.25) is 40.1 Å². The van der Waals surface area contributed by atoms with Crippen LogP contribution in [0.2, 0.25) is 5.02 Å². The van der Waals surface area contributed by atoms with Gasteiger partial charge in [-0.25, -0.2) is 141 Å². The molecule has 47 heteroatoms. The van der Waals surface area contributed by atoms with Gasteiger partial charge in [-0.15, -0.1) is 0 Å². The van der Waals surface area contributed by atoms with Crippen LogP contribution in [0.1, 0.15) is 132 Å². The molecule has 16 heterocycles. The molecule has 4 saturated heterocycles. The van der Waals surface area contributed by atoms with E-state index in [4.69, 9.17) is 41.5 Å². The average molecular weight is 1970 g/mol. The van der Waals surface area contributed by atoms with Gasteiger partial charge in [0.1, 0.15) is 70.6 Å². The van der Waals surface area contributed by atoms with E-state index in [1.54, 1.807) is 38.2 Å². The molecule has 0 radical (unpaired) electrons. The van der Waals surface area contributed by atoms with Crippen molar-refractivity contribution in [3.8, 4) is 0 Å². The van der Waals surface area contributed by atoms with E-state index in [1.165, 1.54) is 54.6 Å². The van der Waals surface area contributed by atoms with Crippen molar-refractivity contribution < 1.29 is 33.7 Å². The predicted molar refractivity (Wildman–Crippen MR) is 539 cm³/mol. The van der Waals surface area contributed by atoms with Gasteiger partial charge in [0.15, 0.2) is 57.5 Å². The average Bonchev–Trinajstić information content (AvgIpc) is 1.05. The van der Waals surface area contributed by atoms with Gasteiger partial charge >= 0.3 is 0 Å². The van der Waals surface area contributed by atoms with Crippen molar-refractivity contribution in [3.05, 3.63) is 181 Å². The normalized spacial score (nSPS) is 16.6. The highest BCUT2D eigenvalue weighted by molar-refractivity contribution is 7.89. The Kier molecular flexibility index (Phi) is 28.4. The van der Waals surface area contributed by atoms with Crippen molar-refractivity contribution >= 4 is 186 Å². The Balaban J connectivity index is 0.000000127. The molecule has 0 spiro atoms. The number of halogens is 1. The van der Waals surface area contributed by atoms with Crippen LogP contribution < -0.4 is 40.9 Å². The largest absolute Gasteiger partial charge is 0.360 e. The highest BCUT2D eigenvalue weighted by atomic mass is 35.5. The molecule has 0 saturated carbocycles. The molecule has 8 N–H and O–H groups in total. The molecule has 0 aliphatic carbocycles. The molecule has 4 aromatic carbocycles. The number of fused-ring (bicyclic) bond motifs is 8. The Morgan fingerprint density at radius 1 is 0.348 bits per heavy atom. The summed E-state index contributed by atoms with van der Waals surface area (Å²) in [7, 11) is -4.58. The number of aromatic nitrogens is 22. The summed E-state index contributed by atoms with van der Waals surface area (Å²) in [6.45, 7) is 14.2. The maximum atomic E-state index is 12.0. The fraction of sp³-hybridized carbons (Fsp3) is 0.407. The summed E-state index contributed by atoms with van der Waals surface area (Å²) in [5.74, 6) is 7.18. The quantitative estimate of drug-likeness (QED) is 0.0278. The van der Waals surface area contributed by atoms with E-state index in [2.05, 4.69) is 198 Å². The monoisotopic (exact) mass is 1970 g/mol. The minimum atomic E-state index is -3.20. The number of H-pyrrole nitrogens is 4. The lowest BCUT2D eigenvalue weighted by atomic mass is 10.0. The first-order valence-corrected chi connectivity index (χ1v) is 53.2. The molecule has 42 nitrogen and oxygen atoms in total. The van der Waals surface area contributed by atoms with Gasteiger partial charge in [0.05, 0.1) is 107 Å². The highest BCUT2D eigenvalue weighted by Crippen LogP contribution is 2.40. The number of aromatic amines is 4. The number of hydrogen-bond acceptors (Lipinski definition) is 34. The van der Waals surface area contributed by atoms with Crippen LogP contribution in [0.4, 0.5) is 46.5 Å². The van der Waals surface area contributed by atoms with E-state index in [9.17, 15) is 33.7 Å². The van der Waals surface area contributed by atoms with E-state index in [0.29, 0.717) is 133 Å². The molecule has 4 unspecified atom stereocenters. The van der Waals surface area contributed by atoms with Crippen molar-refractivity contribution in [2.75, 3.05) is 146 Å². The van der Waals surface area contributed by atoms with E-state index in [1.807, 2.05) is 82.5 Å². The Morgan fingerprint density at radius 2 is 0.659 bits per heavy atom. The van der Waals surface area contributed by atoms with Gasteiger partial charge in [0, 0.05) is 121 Å². The number of sulfonamides is 4. The summed E-state index contributed by atoms with van der Waals surface area (Å²) in [6, 6.07) is 32.2. The van der Waals surface area contributed by atoms with Gasteiger partial charge in [-0.1, -0.05) is 72.3 Å². The molecule has 4 aliphatic rings. The van der Waals surface area contributed by atoms with Crippen LogP contribution in [-0.2, 0) is 40.1 Å². The lowest BCUT2D eigenvalue weighted by Crippen LogP contribution is -2.45. The second-order valence-corrected chi connectivity index (χ2v) is 43.7. The van der Waals surface area contributed by atoms with Gasteiger partial charge in [0.25, 0.3) is 0 Å². The molecular weight excluding hydrogens is 1860 g/mol. The van der Waals surface area contributed by atoms with E-state index < -0.39 is 40.1 Å². The molecule has 4 atom stereocenters. The zero-order chi connectivity index (χ0) is 97.2. The smallest absolute Gasteiger partial charge is 0.211 e. The lowest BCUT2D eigenvalue weighted by molar-refractivity contribution is 0.316. The maximum absolute atomic E-state index is 12.0. The Hall–Kier alpha value is -13.1. The third-order valence-electron chi connectivity index (χ3n) is 26.1. The molecule has 0 amide bonds. The van der Waals surface area contributed by atoms with Crippen molar-refractivity contribution in [2.24, 2.45) is 0 Å². The number of para-hydroxylation sites is 1. The number of benzene rings is 4. The minimum Gasteiger partial charge on any atom is -0.360 e. The zero-order valence-corrected chi connectivity index (χ0v) is 82.7. The van der Waals surface area contributed by atoms with Crippen molar-refractivity contribution in [3.63, 3.8) is 0 Å². The summed E-state index contributed by atoms with van der Waals surface area (Å²) in [5, 5.41) is 20.4. The topological polar surface area (TPSA) is 506 Å². The van der Waals surface area contributed by atoms with Crippen LogP contribution in [0.15, 0.2) is 148 Å². The van der Waals surface area contributed by atoms with Crippen LogP contribution in [0.3, 0.4) is 0 Å². The second kappa shape index (κ2) is 40.5. The number of aryl methyl sites for hydroxylation is 1. The maximum Gasteiger partial charge on any atom is 0.211 e. The van der Waals surface area contributed by atoms with Gasteiger partial charge in [-0.05, 0) is 139 Å². The Morgan fingerprint density at radius 3 is 1.07 bits per heavy atom. The first-order chi connectivity index (χ1) is 66.1. The summed E-state index contributed by atoms with van der Waals surface area (Å²) in [5.41, 5.74) is 9.85. The van der Waals surface area contributed by atoms with Crippen LogP contribution >= 0.6 is 11.6 Å². The number of rotatable bonds is 24. The molecule has 16 aromatic rings. The minimum absolute atomic E-state index is 0.116. The number of hydrogen-bond donors (Lipinski definition) is 8. The standard InChI is InChI=1S/C24H30N8O2S.C23H28N8O2S.C22H26ClN9O2S.C22H27N9O2S/c1-15-6-5-7-17-12-19(16(2)29-23-21-22(26-13-25-21)27-14-28-23)30-24(20(15)17)31(3)18-8-10-32(11-9-18)35(4,33)34;1-15(28-22-20-21(25-13-24-20)26-14-27-22)19-12-16-6-4-5-7-18(16)23(29-19)30(2)17-8-10-31(11-9-17)34(3,32)33;1-13(28-21-18-20(25-11-24-18)26-12-27-21)19-29-16-6-4-5-15(23)17(16)22(30-19)31(2)14-7-9-32(10-8-14)35(3,33)34;1-14(27-21-18-20(24-12-23-18)25-13-26-21)19-28-17-7-5-4-6-16(17)22(29-19)30(2)15-8-10-31(11-9-15)34(3,32)33/h5-7,12-14,16,18H,8-11H2,1-4H3,(H2,25,26,27,28,29);4-7,12-15,17H,8-11H2,1-3H3,(H2,24,25,26,27,28);4-6,11-14H,7-10H2,1-3H3,(H2,24,25,26,27,28);4-7,12-15H,8-11H2,1-3H3,(H2,23,24,25,26,27). The number of imidazole rings is 4. The van der Waals surface area contributed by atoms with E-state index in [-0.39, 0.29) is 48.3 Å². The van der Waals surface area contributed by atoms with Crippen molar-refractivity contribution in [1.29, 1.82) is 0 Å². The highest BCUT2D eigenvalue weighted by Gasteiger charge is 2.36. The fourth-order valence-electron chi connectivity index (χ4n) is 18.3. The van der Waals surface area contributed by atoms with Gasteiger partial charge in [-0.2, -0.15) is 0 Å². The van der Waals surface area contributed by atoms with Crippen LogP contribution in [0.25, 0.3) is 88.0 Å². The van der Waals surface area contributed by atoms with Crippen LogP contribution in [0.5, 0.6) is 0 Å². The Bertz CT molecular complexity index is 7160.